The molecule has 0 aromatic heterocycles. The van der Waals surface area contributed by atoms with Crippen LogP contribution in [0.2, 0.25) is 0 Å². The molecule has 10 aromatic carbocycles. The molecule has 11 rings (SSSR count). The van der Waals surface area contributed by atoms with Crippen LogP contribution >= 0.6 is 17.0 Å². The van der Waals surface area contributed by atoms with Crippen LogP contribution in [0, 0.1) is 19.9 Å². The third-order valence-corrected chi connectivity index (χ3v) is 13.4. The van der Waals surface area contributed by atoms with Crippen molar-refractivity contribution >= 4 is 58.5 Å². The summed E-state index contributed by atoms with van der Waals surface area (Å²) >= 11 is -0.826. The number of rotatable bonds is 6. The molecule has 0 amide bonds. The minimum Gasteiger partial charge on any atom is -0.184 e. The maximum absolute atomic E-state index is 4.93. The SMILES string of the molecule is CCc1ccccc1-c1c(C)ccc2[cH-]c(-c3ccccc3)cc12.CCc1ccccc1-c1c(C)ccc2[cH-]c(-c3ccccc3)cc12.[Cl][Zr][Cl].[c-]1cccc2c1[Si]c1ccccc1-2. The monoisotopic (exact) mass is 957 g/mol. The molecule has 0 atom stereocenters. The van der Waals surface area contributed by atoms with E-state index in [9.17, 15) is 0 Å². The molecule has 0 saturated heterocycles. The Hall–Kier alpha value is -5.34. The molecule has 4 heteroatoms. The fourth-order valence-electron chi connectivity index (χ4n) is 8.96. The Labute approximate surface area is 400 Å². The summed E-state index contributed by atoms with van der Waals surface area (Å²) in [7, 11) is 10.7. The number of fused-ring (bicyclic) bond motifs is 5. The Morgan fingerprint density at radius 3 is 1.39 bits per heavy atom. The zero-order chi connectivity index (χ0) is 44.4. The van der Waals surface area contributed by atoms with Gasteiger partial charge in [-0.3, -0.25) is 0 Å². The average molecular weight is 960 g/mol. The molecule has 10 aromatic rings. The van der Waals surface area contributed by atoms with Crippen LogP contribution in [0.15, 0.2) is 200 Å². The summed E-state index contributed by atoms with van der Waals surface area (Å²) in [5.41, 5.74) is 18.9. The maximum Gasteiger partial charge on any atom is 0.0920 e. The van der Waals surface area contributed by atoms with Crippen molar-refractivity contribution in [3.8, 4) is 55.6 Å². The summed E-state index contributed by atoms with van der Waals surface area (Å²) in [5.74, 6) is 0. The molecule has 314 valence electrons. The molecule has 0 nitrogen and oxygen atoms in total. The van der Waals surface area contributed by atoms with Crippen LogP contribution in [0.25, 0.3) is 77.2 Å². The molecular formula is C60H49Cl2SiZr-3. The summed E-state index contributed by atoms with van der Waals surface area (Å²) in [6.45, 7) is 8.90. The third kappa shape index (κ3) is 9.97. The van der Waals surface area contributed by atoms with Crippen LogP contribution in [0.1, 0.15) is 36.1 Å². The van der Waals surface area contributed by atoms with Gasteiger partial charge in [0, 0.05) is 0 Å². The van der Waals surface area contributed by atoms with Crippen molar-refractivity contribution in [2.24, 2.45) is 0 Å². The zero-order valence-corrected chi connectivity index (χ0v) is 41.7. The zero-order valence-electron chi connectivity index (χ0n) is 36.7. The summed E-state index contributed by atoms with van der Waals surface area (Å²) < 4.78 is 0. The molecule has 0 fully saturated rings. The minimum atomic E-state index is -0.826. The van der Waals surface area contributed by atoms with Gasteiger partial charge in [0.1, 0.15) is 0 Å². The van der Waals surface area contributed by atoms with Gasteiger partial charge in [0.15, 0.2) is 0 Å². The molecule has 0 unspecified atom stereocenters. The molecule has 1 heterocycles. The van der Waals surface area contributed by atoms with Crippen LogP contribution in [-0.2, 0) is 33.7 Å². The van der Waals surface area contributed by atoms with Crippen molar-refractivity contribution in [2.45, 2.75) is 40.5 Å². The van der Waals surface area contributed by atoms with E-state index in [1.165, 1.54) is 110 Å². The molecule has 0 spiro atoms. The van der Waals surface area contributed by atoms with Crippen LogP contribution in [-0.4, -0.2) is 9.52 Å². The largest absolute Gasteiger partial charge is 0.184 e. The van der Waals surface area contributed by atoms with Gasteiger partial charge in [-0.1, -0.05) is 192 Å². The molecule has 1 aliphatic heterocycles. The van der Waals surface area contributed by atoms with Crippen molar-refractivity contribution in [1.82, 2.24) is 0 Å². The first kappa shape index (κ1) is 45.2. The van der Waals surface area contributed by atoms with Gasteiger partial charge in [0.25, 0.3) is 0 Å². The van der Waals surface area contributed by atoms with E-state index in [0.29, 0.717) is 0 Å². The van der Waals surface area contributed by atoms with Gasteiger partial charge >= 0.3 is 37.9 Å². The maximum atomic E-state index is 4.93. The van der Waals surface area contributed by atoms with Crippen LogP contribution in [0.3, 0.4) is 0 Å². The van der Waals surface area contributed by atoms with Crippen LogP contribution in [0.5, 0.6) is 0 Å². The normalized spacial score (nSPS) is 11.0. The first-order valence-corrected chi connectivity index (χ1v) is 29.3. The minimum absolute atomic E-state index is 0.795. The molecule has 2 radical (unpaired) electrons. The van der Waals surface area contributed by atoms with E-state index >= 15 is 0 Å². The van der Waals surface area contributed by atoms with E-state index in [4.69, 9.17) is 17.0 Å². The van der Waals surface area contributed by atoms with Gasteiger partial charge in [0.05, 0.1) is 9.52 Å². The molecule has 0 N–H and O–H groups in total. The van der Waals surface area contributed by atoms with Crippen molar-refractivity contribution in [2.75, 3.05) is 0 Å². The van der Waals surface area contributed by atoms with Gasteiger partial charge < -0.3 is 0 Å². The van der Waals surface area contributed by atoms with E-state index in [0.717, 1.165) is 22.4 Å². The van der Waals surface area contributed by atoms with Crippen LogP contribution < -0.4 is 10.4 Å². The Morgan fingerprint density at radius 2 is 0.906 bits per heavy atom. The van der Waals surface area contributed by atoms with Crippen molar-refractivity contribution in [3.63, 3.8) is 0 Å². The predicted molar refractivity (Wildman–Crippen MR) is 276 cm³/mol. The second-order valence-corrected chi connectivity index (χ2v) is 21.0. The molecular weight excluding hydrogens is 911 g/mol. The molecule has 1 aliphatic rings. The van der Waals surface area contributed by atoms with Gasteiger partial charge in [-0.15, -0.1) is 74.6 Å². The number of hydrogen-bond donors (Lipinski definition) is 0. The van der Waals surface area contributed by atoms with Gasteiger partial charge in [-0.25, -0.2) is 0 Å². The first-order valence-electron chi connectivity index (χ1n) is 21.9. The van der Waals surface area contributed by atoms with Crippen molar-refractivity contribution < 1.29 is 20.8 Å². The molecule has 0 aliphatic carbocycles. The number of benzene rings is 8. The fourth-order valence-corrected chi connectivity index (χ4v) is 10.3. The Kier molecular flexibility index (Phi) is 15.2. The fraction of sp³-hybridized carbons (Fsp3) is 0.100. The standard InChI is InChI=1S/2C24H21.C12H7Si.2ClH.Zr/c2*1-3-18-9-7-8-12-22(18)24-17(2)13-14-20-15-21(16-23(20)24)19-10-5-4-6-11-19;1-3-7-11-9(5-1)10-6-2-4-8-12(10)13-11;;;/h2*4-16H,3H2,1-2H3;1-7H;2*1H;/q3*-1;;;+2/p-2. The van der Waals surface area contributed by atoms with Gasteiger partial charge in [0.2, 0.25) is 0 Å². The average Bonchev–Trinajstić information content (AvgIpc) is 4.09. The van der Waals surface area contributed by atoms with E-state index < -0.39 is 20.8 Å². The summed E-state index contributed by atoms with van der Waals surface area (Å²) in [5, 5.41) is 8.17. The van der Waals surface area contributed by atoms with Gasteiger partial charge in [-0.2, -0.15) is 29.5 Å². The number of hydrogen-bond acceptors (Lipinski definition) is 0. The van der Waals surface area contributed by atoms with Gasteiger partial charge in [-0.05, 0) is 60.1 Å². The Balaban J connectivity index is 0.000000132. The van der Waals surface area contributed by atoms with Crippen molar-refractivity contribution in [3.05, 3.63) is 229 Å². The summed E-state index contributed by atoms with van der Waals surface area (Å²) in [6.07, 6.45) is 2.11. The molecule has 0 saturated carbocycles. The third-order valence-electron chi connectivity index (χ3n) is 12.1. The summed E-state index contributed by atoms with van der Waals surface area (Å²) in [4.78, 5) is 0. The molecule has 64 heavy (non-hydrogen) atoms. The van der Waals surface area contributed by atoms with Crippen LogP contribution in [0.4, 0.5) is 0 Å². The smallest absolute Gasteiger partial charge is 0.0920 e. The Morgan fingerprint density at radius 1 is 0.484 bits per heavy atom. The summed E-state index contributed by atoms with van der Waals surface area (Å²) in [6, 6.07) is 75.3. The number of aryl methyl sites for hydroxylation is 4. The van der Waals surface area contributed by atoms with E-state index in [1.54, 1.807) is 0 Å². The second kappa shape index (κ2) is 21.6. The number of halogens is 2. The first-order chi connectivity index (χ1) is 31.4. The Bertz CT molecular complexity index is 2910. The van der Waals surface area contributed by atoms with E-state index in [1.807, 2.05) is 6.07 Å². The van der Waals surface area contributed by atoms with Crippen molar-refractivity contribution in [1.29, 1.82) is 0 Å². The quantitative estimate of drug-likeness (QED) is 0.115. The topological polar surface area (TPSA) is 0 Å². The van der Waals surface area contributed by atoms with E-state index in [-0.39, 0.29) is 0 Å². The van der Waals surface area contributed by atoms with E-state index in [2.05, 4.69) is 228 Å². The molecule has 0 bridgehead atoms. The predicted octanol–water partition coefficient (Wildman–Crippen LogP) is 16.0. The second-order valence-electron chi connectivity index (χ2n) is 16.0.